The van der Waals surface area contributed by atoms with Gasteiger partial charge in [0.1, 0.15) is 12.3 Å². The zero-order valence-electron chi connectivity index (χ0n) is 17.3. The van der Waals surface area contributed by atoms with Gasteiger partial charge in [0.2, 0.25) is 0 Å². The molecule has 0 fully saturated rings. The van der Waals surface area contributed by atoms with Gasteiger partial charge >= 0.3 is 12.1 Å². The molecule has 0 saturated heterocycles. The van der Waals surface area contributed by atoms with E-state index >= 15 is 0 Å². The maximum absolute atomic E-state index is 13.0. The van der Waals surface area contributed by atoms with Crippen molar-refractivity contribution in [2.45, 2.75) is 12.7 Å². The number of alkyl halides is 3. The van der Waals surface area contributed by atoms with E-state index in [1.165, 1.54) is 12.1 Å². The van der Waals surface area contributed by atoms with Gasteiger partial charge in [-0.2, -0.15) is 13.2 Å². The highest BCUT2D eigenvalue weighted by Crippen LogP contribution is 2.31. The molecule has 3 aromatic carbocycles. The molecule has 6 nitrogen and oxygen atoms in total. The van der Waals surface area contributed by atoms with E-state index in [0.717, 1.165) is 17.0 Å². The van der Waals surface area contributed by atoms with Crippen LogP contribution < -0.4 is 9.47 Å². The average Bonchev–Trinajstić information content (AvgIpc) is 2.78. The van der Waals surface area contributed by atoms with Crippen molar-refractivity contribution < 1.29 is 37.3 Å². The number of carbonyl (C=O) groups is 2. The largest absolute Gasteiger partial charge is 0.480 e. The highest BCUT2D eigenvalue weighted by molar-refractivity contribution is 5.82. The molecule has 1 amide bonds. The molecule has 3 aromatic rings. The monoisotopic (exact) mass is 459 g/mol. The highest BCUT2D eigenvalue weighted by Gasteiger charge is 2.30. The minimum atomic E-state index is -4.55. The number of para-hydroxylation sites is 3. The lowest BCUT2D eigenvalue weighted by molar-refractivity contribution is -0.145. The average molecular weight is 459 g/mol. The first-order valence-electron chi connectivity index (χ1n) is 9.83. The molecule has 1 N–H and O–H groups in total. The third-order valence-corrected chi connectivity index (χ3v) is 4.48. The Kier molecular flexibility index (Phi) is 7.55. The first-order chi connectivity index (χ1) is 15.7. The van der Waals surface area contributed by atoms with Gasteiger partial charge in [0.05, 0.1) is 5.56 Å². The van der Waals surface area contributed by atoms with Crippen molar-refractivity contribution in [2.24, 2.45) is 0 Å². The fraction of sp³-hybridized carbons (Fsp3) is 0.167. The van der Waals surface area contributed by atoms with Gasteiger partial charge in [-0.05, 0) is 42.0 Å². The lowest BCUT2D eigenvalue weighted by Gasteiger charge is -2.22. The van der Waals surface area contributed by atoms with Crippen LogP contribution in [0.3, 0.4) is 0 Å². The Morgan fingerprint density at radius 3 is 2.21 bits per heavy atom. The van der Waals surface area contributed by atoms with Crippen LogP contribution in [0.4, 0.5) is 13.2 Å². The molecule has 3 rings (SSSR count). The summed E-state index contributed by atoms with van der Waals surface area (Å²) in [4.78, 5) is 24.8. The number of benzene rings is 3. The summed E-state index contributed by atoms with van der Waals surface area (Å²) in [5.41, 5.74) is -0.738. The molecule has 0 bridgehead atoms. The smallest absolute Gasteiger partial charge is 0.416 e. The van der Waals surface area contributed by atoms with Crippen LogP contribution in [0.25, 0.3) is 0 Å². The first-order valence-corrected chi connectivity index (χ1v) is 9.83. The number of aliphatic carboxylic acids is 1. The predicted molar refractivity (Wildman–Crippen MR) is 113 cm³/mol. The van der Waals surface area contributed by atoms with Crippen LogP contribution in [-0.2, 0) is 22.3 Å². The Morgan fingerprint density at radius 2 is 1.55 bits per heavy atom. The molecule has 0 atom stereocenters. The van der Waals surface area contributed by atoms with Gasteiger partial charge in [-0.1, -0.05) is 42.5 Å². The summed E-state index contributed by atoms with van der Waals surface area (Å²) in [6.07, 6.45) is -4.55. The van der Waals surface area contributed by atoms with Crippen molar-refractivity contribution in [3.05, 3.63) is 90.0 Å². The topological polar surface area (TPSA) is 76.1 Å². The Morgan fingerprint density at radius 1 is 0.879 bits per heavy atom. The second-order valence-corrected chi connectivity index (χ2v) is 6.99. The van der Waals surface area contributed by atoms with E-state index in [-0.39, 0.29) is 17.9 Å². The number of ether oxygens (including phenoxy) is 2. The van der Waals surface area contributed by atoms with Crippen LogP contribution in [0.5, 0.6) is 17.2 Å². The van der Waals surface area contributed by atoms with E-state index in [1.54, 1.807) is 48.5 Å². The van der Waals surface area contributed by atoms with Gasteiger partial charge < -0.3 is 19.5 Å². The van der Waals surface area contributed by atoms with Gasteiger partial charge in [-0.3, -0.25) is 9.59 Å². The third kappa shape index (κ3) is 6.99. The van der Waals surface area contributed by atoms with Gasteiger partial charge in [0.25, 0.3) is 5.91 Å². The van der Waals surface area contributed by atoms with Crippen LogP contribution in [0.15, 0.2) is 78.9 Å². The predicted octanol–water partition coefficient (Wildman–Crippen LogP) is 4.99. The molecule has 33 heavy (non-hydrogen) atoms. The molecule has 0 saturated carbocycles. The van der Waals surface area contributed by atoms with Gasteiger partial charge in [-0.25, -0.2) is 0 Å². The van der Waals surface area contributed by atoms with E-state index in [9.17, 15) is 22.8 Å². The summed E-state index contributed by atoms with van der Waals surface area (Å²) < 4.78 is 50.2. The quantitative estimate of drug-likeness (QED) is 0.488. The SMILES string of the molecule is O=C(O)CN(Cc1cccc(C(F)(F)F)c1)C(=O)COc1ccccc1Oc1ccccc1. The summed E-state index contributed by atoms with van der Waals surface area (Å²) >= 11 is 0. The number of hydrogen-bond donors (Lipinski definition) is 1. The normalized spacial score (nSPS) is 11.0. The van der Waals surface area contributed by atoms with Gasteiger partial charge in [0, 0.05) is 6.54 Å². The van der Waals surface area contributed by atoms with E-state index < -0.39 is 36.8 Å². The fourth-order valence-corrected chi connectivity index (χ4v) is 2.96. The molecule has 0 spiro atoms. The number of nitrogens with zero attached hydrogens (tertiary/aromatic N) is 1. The standard InChI is InChI=1S/C24H20F3NO5/c25-24(26,27)18-8-6-7-17(13-18)14-28(15-23(30)31)22(29)16-32-20-11-4-5-12-21(20)33-19-9-2-1-3-10-19/h1-13H,14-16H2,(H,30,31). The van der Waals surface area contributed by atoms with Crippen molar-refractivity contribution in [3.63, 3.8) is 0 Å². The molecule has 0 aliphatic carbocycles. The number of hydrogen-bond acceptors (Lipinski definition) is 4. The van der Waals surface area contributed by atoms with Crippen molar-refractivity contribution >= 4 is 11.9 Å². The number of carbonyl (C=O) groups excluding carboxylic acids is 1. The molecule has 0 radical (unpaired) electrons. The maximum Gasteiger partial charge on any atom is 0.416 e. The zero-order valence-corrected chi connectivity index (χ0v) is 17.3. The Hall–Kier alpha value is -4.01. The van der Waals surface area contributed by atoms with Crippen molar-refractivity contribution in [2.75, 3.05) is 13.2 Å². The van der Waals surface area contributed by atoms with Crippen LogP contribution >= 0.6 is 0 Å². The highest BCUT2D eigenvalue weighted by atomic mass is 19.4. The number of amides is 1. The van der Waals surface area contributed by atoms with E-state index in [4.69, 9.17) is 14.6 Å². The van der Waals surface area contributed by atoms with Gasteiger partial charge in [-0.15, -0.1) is 0 Å². The Bertz CT molecular complexity index is 1100. The number of carboxylic acid groups (broad SMARTS) is 1. The van der Waals surface area contributed by atoms with E-state index in [2.05, 4.69) is 0 Å². The lowest BCUT2D eigenvalue weighted by atomic mass is 10.1. The molecule has 172 valence electrons. The summed E-state index contributed by atoms with van der Waals surface area (Å²) in [5, 5.41) is 9.15. The molecule has 0 aromatic heterocycles. The summed E-state index contributed by atoms with van der Waals surface area (Å²) in [5.74, 6) is -0.854. The minimum Gasteiger partial charge on any atom is -0.480 e. The summed E-state index contributed by atoms with van der Waals surface area (Å²) in [6, 6.07) is 19.9. The summed E-state index contributed by atoms with van der Waals surface area (Å²) in [6.45, 7) is -1.54. The summed E-state index contributed by atoms with van der Waals surface area (Å²) in [7, 11) is 0. The van der Waals surface area contributed by atoms with Crippen LogP contribution in [0.1, 0.15) is 11.1 Å². The molecule has 0 aliphatic heterocycles. The number of carboxylic acids is 1. The molecule has 0 unspecified atom stereocenters. The molecular formula is C24H20F3NO5. The first kappa shape index (κ1) is 23.6. The van der Waals surface area contributed by atoms with Crippen molar-refractivity contribution in [3.8, 4) is 17.2 Å². The van der Waals surface area contributed by atoms with Crippen LogP contribution in [-0.4, -0.2) is 35.0 Å². The van der Waals surface area contributed by atoms with Crippen molar-refractivity contribution in [1.29, 1.82) is 0 Å². The number of halogens is 3. The maximum atomic E-state index is 13.0. The van der Waals surface area contributed by atoms with Gasteiger partial charge in [0.15, 0.2) is 18.1 Å². The lowest BCUT2D eigenvalue weighted by Crippen LogP contribution is -2.38. The molecule has 9 heteroatoms. The van der Waals surface area contributed by atoms with Crippen LogP contribution in [0, 0.1) is 0 Å². The molecular weight excluding hydrogens is 439 g/mol. The van der Waals surface area contributed by atoms with E-state index in [0.29, 0.717) is 11.5 Å². The van der Waals surface area contributed by atoms with Crippen molar-refractivity contribution in [1.82, 2.24) is 4.90 Å². The molecule has 0 aliphatic rings. The number of rotatable bonds is 9. The molecule has 0 heterocycles. The Labute approximate surface area is 187 Å². The fourth-order valence-electron chi connectivity index (χ4n) is 2.96. The Balaban J connectivity index is 1.71. The second-order valence-electron chi connectivity index (χ2n) is 6.99. The van der Waals surface area contributed by atoms with Crippen LogP contribution in [0.2, 0.25) is 0 Å². The minimum absolute atomic E-state index is 0.146. The van der Waals surface area contributed by atoms with E-state index in [1.807, 2.05) is 6.07 Å². The zero-order chi connectivity index (χ0) is 23.8. The second kappa shape index (κ2) is 10.5. The third-order valence-electron chi connectivity index (χ3n) is 4.48.